The SMILES string of the molecule is Cc1nn(C2CCS(=O)(=O)C2)c(Cl)c1/C=C/C(=O)OCc1cccc2ccccc12. The number of hydrogen-bond donors (Lipinski definition) is 0. The average molecular weight is 445 g/mol. The number of rotatable bonds is 5. The molecule has 0 N–H and O–H groups in total. The summed E-state index contributed by atoms with van der Waals surface area (Å²) in [6.45, 7) is 1.93. The molecule has 0 radical (unpaired) electrons. The second-order valence-corrected chi connectivity index (χ2v) is 9.96. The lowest BCUT2D eigenvalue weighted by Crippen LogP contribution is -2.12. The van der Waals surface area contributed by atoms with E-state index < -0.39 is 15.8 Å². The molecule has 0 aliphatic carbocycles. The van der Waals surface area contributed by atoms with E-state index in [1.807, 2.05) is 42.5 Å². The molecule has 4 rings (SSSR count). The van der Waals surface area contributed by atoms with Gasteiger partial charge in [-0.05, 0) is 35.8 Å². The van der Waals surface area contributed by atoms with E-state index in [0.29, 0.717) is 22.8 Å². The predicted molar refractivity (Wildman–Crippen MR) is 117 cm³/mol. The third-order valence-corrected chi connectivity index (χ3v) is 7.39. The quantitative estimate of drug-likeness (QED) is 0.437. The van der Waals surface area contributed by atoms with E-state index in [0.717, 1.165) is 16.3 Å². The van der Waals surface area contributed by atoms with Crippen molar-refractivity contribution in [2.45, 2.75) is 26.0 Å². The van der Waals surface area contributed by atoms with Crippen molar-refractivity contribution in [1.82, 2.24) is 9.78 Å². The standard InChI is InChI=1S/C22H21ClN2O4S/c1-15-19(22(23)25(24-15)18-11-12-30(27,28)14-18)9-10-21(26)29-13-17-7-4-6-16-5-2-3-8-20(16)17/h2-10,18H,11-14H2,1H3/b10-9+. The first kappa shape index (κ1) is 20.6. The molecule has 1 saturated heterocycles. The van der Waals surface area contributed by atoms with Crippen molar-refractivity contribution in [3.8, 4) is 0 Å². The third kappa shape index (κ3) is 4.27. The molecule has 0 saturated carbocycles. The van der Waals surface area contributed by atoms with Gasteiger partial charge in [0.2, 0.25) is 0 Å². The number of carbonyl (C=O) groups excluding carboxylic acids is 1. The van der Waals surface area contributed by atoms with Gasteiger partial charge >= 0.3 is 5.97 Å². The van der Waals surface area contributed by atoms with E-state index in [9.17, 15) is 13.2 Å². The number of carbonyl (C=O) groups is 1. The third-order valence-electron chi connectivity index (χ3n) is 5.26. The van der Waals surface area contributed by atoms with E-state index in [1.54, 1.807) is 17.7 Å². The van der Waals surface area contributed by atoms with E-state index in [4.69, 9.17) is 16.3 Å². The van der Waals surface area contributed by atoms with Crippen molar-refractivity contribution >= 4 is 44.3 Å². The topological polar surface area (TPSA) is 78.3 Å². The summed E-state index contributed by atoms with van der Waals surface area (Å²) in [6, 6.07) is 13.5. The summed E-state index contributed by atoms with van der Waals surface area (Å²) >= 11 is 6.43. The van der Waals surface area contributed by atoms with Gasteiger partial charge in [-0.2, -0.15) is 5.10 Å². The van der Waals surface area contributed by atoms with Gasteiger partial charge in [-0.15, -0.1) is 0 Å². The highest BCUT2D eigenvalue weighted by atomic mass is 35.5. The highest BCUT2D eigenvalue weighted by Crippen LogP contribution is 2.30. The highest BCUT2D eigenvalue weighted by molar-refractivity contribution is 7.91. The van der Waals surface area contributed by atoms with E-state index >= 15 is 0 Å². The van der Waals surface area contributed by atoms with Crippen molar-refractivity contribution in [3.63, 3.8) is 0 Å². The van der Waals surface area contributed by atoms with Crippen molar-refractivity contribution in [2.24, 2.45) is 0 Å². The Kier molecular flexibility index (Phi) is 5.66. The Hall–Kier alpha value is -2.64. The summed E-state index contributed by atoms with van der Waals surface area (Å²) in [5.41, 5.74) is 2.14. The second kappa shape index (κ2) is 8.24. The molecule has 1 unspecified atom stereocenters. The lowest BCUT2D eigenvalue weighted by atomic mass is 10.1. The van der Waals surface area contributed by atoms with Gasteiger partial charge in [0.25, 0.3) is 0 Å². The summed E-state index contributed by atoms with van der Waals surface area (Å²) in [6.07, 6.45) is 3.37. The fourth-order valence-electron chi connectivity index (χ4n) is 3.70. The zero-order chi connectivity index (χ0) is 21.3. The van der Waals surface area contributed by atoms with E-state index in [-0.39, 0.29) is 24.2 Å². The summed E-state index contributed by atoms with van der Waals surface area (Å²) in [5, 5.41) is 6.84. The number of halogens is 1. The molecule has 0 amide bonds. The molecule has 3 aromatic rings. The predicted octanol–water partition coefficient (Wildman–Crippen LogP) is 4.11. The molecule has 1 aliphatic heterocycles. The smallest absolute Gasteiger partial charge is 0.331 e. The first-order valence-electron chi connectivity index (χ1n) is 9.60. The van der Waals surface area contributed by atoms with Gasteiger partial charge in [0.1, 0.15) is 11.8 Å². The average Bonchev–Trinajstić information content (AvgIpc) is 3.22. The van der Waals surface area contributed by atoms with Gasteiger partial charge in [0.15, 0.2) is 9.84 Å². The molecule has 0 spiro atoms. The molecular weight excluding hydrogens is 424 g/mol. The van der Waals surface area contributed by atoms with Crippen LogP contribution in [0.3, 0.4) is 0 Å². The van der Waals surface area contributed by atoms with Crippen LogP contribution in [0.2, 0.25) is 5.15 Å². The lowest BCUT2D eigenvalue weighted by molar-refractivity contribution is -0.138. The molecular formula is C22H21ClN2O4S. The summed E-state index contributed by atoms with van der Waals surface area (Å²) in [5.74, 6) is -0.322. The molecule has 0 bridgehead atoms. The van der Waals surface area contributed by atoms with Crippen LogP contribution < -0.4 is 0 Å². The highest BCUT2D eigenvalue weighted by Gasteiger charge is 2.31. The number of hydrogen-bond acceptors (Lipinski definition) is 5. The maximum Gasteiger partial charge on any atom is 0.331 e. The van der Waals surface area contributed by atoms with Crippen LogP contribution in [-0.4, -0.2) is 35.7 Å². The minimum Gasteiger partial charge on any atom is -0.458 e. The Bertz CT molecular complexity index is 1240. The van der Waals surface area contributed by atoms with Crippen LogP contribution in [0, 0.1) is 6.92 Å². The van der Waals surface area contributed by atoms with E-state index in [2.05, 4.69) is 5.10 Å². The monoisotopic (exact) mass is 444 g/mol. The Balaban J connectivity index is 1.45. The van der Waals surface area contributed by atoms with Gasteiger partial charge in [-0.3, -0.25) is 0 Å². The largest absolute Gasteiger partial charge is 0.458 e. The molecule has 8 heteroatoms. The van der Waals surface area contributed by atoms with Crippen LogP contribution in [0.25, 0.3) is 16.8 Å². The van der Waals surface area contributed by atoms with E-state index in [1.165, 1.54) is 6.08 Å². The number of fused-ring (bicyclic) bond motifs is 1. The number of nitrogens with zero attached hydrogens (tertiary/aromatic N) is 2. The first-order chi connectivity index (χ1) is 14.3. The number of benzene rings is 2. The summed E-state index contributed by atoms with van der Waals surface area (Å²) < 4.78 is 30.4. The minimum atomic E-state index is -3.05. The molecule has 1 aliphatic rings. The molecule has 1 aromatic heterocycles. The molecule has 30 heavy (non-hydrogen) atoms. The number of aryl methyl sites for hydroxylation is 1. The maximum absolute atomic E-state index is 12.2. The number of aromatic nitrogens is 2. The summed E-state index contributed by atoms with van der Waals surface area (Å²) in [7, 11) is -3.05. The van der Waals surface area contributed by atoms with Crippen LogP contribution in [0.4, 0.5) is 0 Å². The summed E-state index contributed by atoms with van der Waals surface area (Å²) in [4.78, 5) is 12.2. The van der Waals surface area contributed by atoms with Crippen molar-refractivity contribution < 1.29 is 17.9 Å². The van der Waals surface area contributed by atoms with Crippen LogP contribution in [0.15, 0.2) is 48.5 Å². The van der Waals surface area contributed by atoms with Crippen LogP contribution >= 0.6 is 11.6 Å². The number of ether oxygens (including phenoxy) is 1. The molecule has 2 heterocycles. The van der Waals surface area contributed by atoms with Crippen LogP contribution in [-0.2, 0) is 26.0 Å². The zero-order valence-corrected chi connectivity index (χ0v) is 18.0. The Labute approximate surface area is 180 Å². The fraction of sp³-hybridized carbons (Fsp3) is 0.273. The van der Waals surface area contributed by atoms with Gasteiger partial charge in [0, 0.05) is 11.6 Å². The Morgan fingerprint density at radius 1 is 1.27 bits per heavy atom. The van der Waals surface area contributed by atoms with Crippen molar-refractivity contribution in [2.75, 3.05) is 11.5 Å². The molecule has 1 fully saturated rings. The van der Waals surface area contributed by atoms with Crippen LogP contribution in [0.1, 0.15) is 29.3 Å². The maximum atomic E-state index is 12.2. The fourth-order valence-corrected chi connectivity index (χ4v) is 5.77. The Morgan fingerprint density at radius 2 is 2.03 bits per heavy atom. The molecule has 2 aromatic carbocycles. The molecule has 6 nitrogen and oxygen atoms in total. The zero-order valence-electron chi connectivity index (χ0n) is 16.4. The minimum absolute atomic E-state index is 0.0318. The van der Waals surface area contributed by atoms with Crippen molar-refractivity contribution in [3.05, 3.63) is 70.5 Å². The number of sulfone groups is 1. The second-order valence-electron chi connectivity index (χ2n) is 7.37. The van der Waals surface area contributed by atoms with Crippen LogP contribution in [0.5, 0.6) is 0 Å². The van der Waals surface area contributed by atoms with Gasteiger partial charge in [-0.1, -0.05) is 54.1 Å². The molecule has 156 valence electrons. The normalized spacial score (nSPS) is 18.3. The van der Waals surface area contributed by atoms with Gasteiger partial charge in [0.05, 0.1) is 23.2 Å². The van der Waals surface area contributed by atoms with Gasteiger partial charge in [-0.25, -0.2) is 17.9 Å². The lowest BCUT2D eigenvalue weighted by Gasteiger charge is -2.09. The Morgan fingerprint density at radius 3 is 2.80 bits per heavy atom. The first-order valence-corrected chi connectivity index (χ1v) is 11.8. The van der Waals surface area contributed by atoms with Crippen molar-refractivity contribution in [1.29, 1.82) is 0 Å². The van der Waals surface area contributed by atoms with Gasteiger partial charge < -0.3 is 4.74 Å². The number of esters is 1. The molecule has 1 atom stereocenters.